The molecular weight excluding hydrogens is 453 g/mol. The van der Waals surface area contributed by atoms with E-state index in [1.54, 1.807) is 26.1 Å². The van der Waals surface area contributed by atoms with Crippen molar-refractivity contribution >= 4 is 35.9 Å². The smallest absolute Gasteiger partial charge is 0.338 e. The van der Waals surface area contributed by atoms with E-state index < -0.39 is 0 Å². The molecule has 0 saturated heterocycles. The van der Waals surface area contributed by atoms with Gasteiger partial charge in [0.05, 0.1) is 12.2 Å². The molecule has 0 amide bonds. The molecule has 0 saturated carbocycles. The maximum absolute atomic E-state index is 11.7. The number of benzene rings is 2. The predicted molar refractivity (Wildman–Crippen MR) is 121 cm³/mol. The second-order valence-corrected chi connectivity index (χ2v) is 6.04. The Morgan fingerprint density at radius 1 is 1.07 bits per heavy atom. The molecule has 0 aliphatic carbocycles. The van der Waals surface area contributed by atoms with Crippen molar-refractivity contribution in [3.63, 3.8) is 0 Å². The van der Waals surface area contributed by atoms with Gasteiger partial charge in [-0.05, 0) is 36.1 Å². The Morgan fingerprint density at radius 3 is 2.33 bits per heavy atom. The van der Waals surface area contributed by atoms with Crippen LogP contribution in [0.25, 0.3) is 0 Å². The van der Waals surface area contributed by atoms with Crippen molar-refractivity contribution in [2.24, 2.45) is 4.99 Å². The van der Waals surface area contributed by atoms with Gasteiger partial charge in [-0.1, -0.05) is 49.4 Å². The second kappa shape index (κ2) is 12.3. The van der Waals surface area contributed by atoms with Gasteiger partial charge in [-0.3, -0.25) is 4.99 Å². The molecule has 6 heteroatoms. The van der Waals surface area contributed by atoms with Gasteiger partial charge in [-0.25, -0.2) is 4.79 Å². The van der Waals surface area contributed by atoms with Crippen LogP contribution in [0.4, 0.5) is 0 Å². The highest BCUT2D eigenvalue weighted by Gasteiger charge is 2.07. The number of ether oxygens (including phenoxy) is 1. The van der Waals surface area contributed by atoms with E-state index in [1.807, 2.05) is 18.2 Å². The highest BCUT2D eigenvalue weighted by molar-refractivity contribution is 14.0. The van der Waals surface area contributed by atoms with Crippen LogP contribution >= 0.6 is 24.0 Å². The average molecular weight is 481 g/mol. The Balaban J connectivity index is 0.00000364. The van der Waals surface area contributed by atoms with Crippen LogP contribution in [0.5, 0.6) is 0 Å². The lowest BCUT2D eigenvalue weighted by molar-refractivity contribution is 0.0526. The summed E-state index contributed by atoms with van der Waals surface area (Å²) in [5.74, 6) is 0.847. The molecule has 0 aromatic heterocycles. The molecule has 5 nitrogen and oxygen atoms in total. The molecule has 2 aromatic carbocycles. The topological polar surface area (TPSA) is 62.7 Å². The molecule has 0 bridgehead atoms. The maximum atomic E-state index is 11.7. The van der Waals surface area contributed by atoms with Crippen molar-refractivity contribution in [2.45, 2.75) is 26.3 Å². The number of rotatable bonds is 7. The summed E-state index contributed by atoms with van der Waals surface area (Å²) in [6.45, 7) is 5.79. The van der Waals surface area contributed by atoms with Crippen LogP contribution in [0.3, 0.4) is 0 Å². The summed E-state index contributed by atoms with van der Waals surface area (Å²) in [4.78, 5) is 15.9. The van der Waals surface area contributed by atoms with Crippen molar-refractivity contribution in [3.05, 3.63) is 71.3 Å². The standard InChI is InChI=1S/C21H27N3O2.HI/c1-4-26-20(25)19-12-10-17(11-13-19)15-24-21(22-3)23-14-16(2)18-8-6-5-7-9-18;/h5-13,16H,4,14-15H2,1-3H3,(H2,22,23,24);1H. The SMILES string of the molecule is CCOC(=O)c1ccc(CNC(=NC)NCC(C)c2ccccc2)cc1.I. The molecule has 0 aliphatic heterocycles. The van der Waals surface area contributed by atoms with Gasteiger partial charge in [-0.2, -0.15) is 0 Å². The quantitative estimate of drug-likeness (QED) is 0.272. The van der Waals surface area contributed by atoms with Crippen molar-refractivity contribution < 1.29 is 9.53 Å². The summed E-state index contributed by atoms with van der Waals surface area (Å²) in [6.07, 6.45) is 0. The summed E-state index contributed by atoms with van der Waals surface area (Å²) in [6, 6.07) is 17.8. The molecule has 0 fully saturated rings. The van der Waals surface area contributed by atoms with E-state index in [0.29, 0.717) is 24.6 Å². The van der Waals surface area contributed by atoms with E-state index in [1.165, 1.54) is 5.56 Å². The van der Waals surface area contributed by atoms with E-state index in [2.05, 4.69) is 46.8 Å². The van der Waals surface area contributed by atoms with Crippen molar-refractivity contribution in [1.82, 2.24) is 10.6 Å². The van der Waals surface area contributed by atoms with Crippen molar-refractivity contribution in [2.75, 3.05) is 20.2 Å². The van der Waals surface area contributed by atoms with E-state index in [-0.39, 0.29) is 29.9 Å². The fraction of sp³-hybridized carbons (Fsp3) is 0.333. The molecular formula is C21H28IN3O2. The van der Waals surface area contributed by atoms with Crippen LogP contribution in [0.1, 0.15) is 41.3 Å². The zero-order valence-corrected chi connectivity index (χ0v) is 18.4. The second-order valence-electron chi connectivity index (χ2n) is 6.04. The first-order chi connectivity index (χ1) is 12.6. The number of halogens is 1. The monoisotopic (exact) mass is 481 g/mol. The van der Waals surface area contributed by atoms with Crippen LogP contribution in [-0.4, -0.2) is 32.1 Å². The lowest BCUT2D eigenvalue weighted by atomic mass is 10.0. The van der Waals surface area contributed by atoms with Crippen LogP contribution < -0.4 is 10.6 Å². The molecule has 0 heterocycles. The largest absolute Gasteiger partial charge is 0.462 e. The molecule has 146 valence electrons. The minimum Gasteiger partial charge on any atom is -0.462 e. The first-order valence-electron chi connectivity index (χ1n) is 8.89. The third-order valence-electron chi connectivity index (χ3n) is 4.09. The molecule has 2 rings (SSSR count). The number of nitrogens with one attached hydrogen (secondary N) is 2. The molecule has 0 radical (unpaired) electrons. The van der Waals surface area contributed by atoms with E-state index >= 15 is 0 Å². The zero-order valence-electron chi connectivity index (χ0n) is 16.1. The molecule has 0 spiro atoms. The number of hydrogen-bond acceptors (Lipinski definition) is 3. The molecule has 2 aromatic rings. The number of aliphatic imine (C=N–C) groups is 1. The molecule has 0 aliphatic rings. The fourth-order valence-corrected chi connectivity index (χ4v) is 2.53. The summed E-state index contributed by atoms with van der Waals surface area (Å²) in [5, 5.41) is 6.64. The van der Waals surface area contributed by atoms with E-state index in [0.717, 1.165) is 18.1 Å². The van der Waals surface area contributed by atoms with E-state index in [9.17, 15) is 4.79 Å². The lowest BCUT2D eigenvalue weighted by Crippen LogP contribution is -2.38. The van der Waals surface area contributed by atoms with Crippen LogP contribution in [0.2, 0.25) is 0 Å². The van der Waals surface area contributed by atoms with Gasteiger partial charge in [0.15, 0.2) is 5.96 Å². The van der Waals surface area contributed by atoms with Crippen LogP contribution in [0.15, 0.2) is 59.6 Å². The van der Waals surface area contributed by atoms with Crippen LogP contribution in [-0.2, 0) is 11.3 Å². The number of hydrogen-bond donors (Lipinski definition) is 2. The number of guanidine groups is 1. The zero-order chi connectivity index (χ0) is 18.8. The van der Waals surface area contributed by atoms with Gasteiger partial charge in [-0.15, -0.1) is 24.0 Å². The Kier molecular flexibility index (Phi) is 10.5. The van der Waals surface area contributed by atoms with Gasteiger partial charge >= 0.3 is 5.97 Å². The van der Waals surface area contributed by atoms with Gasteiger partial charge in [0, 0.05) is 20.1 Å². The minimum atomic E-state index is -0.292. The molecule has 2 N–H and O–H groups in total. The summed E-state index contributed by atoms with van der Waals surface area (Å²) < 4.78 is 4.99. The van der Waals surface area contributed by atoms with E-state index in [4.69, 9.17) is 4.74 Å². The Hall–Kier alpha value is -2.09. The number of carbonyl (C=O) groups is 1. The van der Waals surface area contributed by atoms with Gasteiger partial charge in [0.25, 0.3) is 0 Å². The first-order valence-corrected chi connectivity index (χ1v) is 8.89. The molecule has 27 heavy (non-hydrogen) atoms. The number of esters is 1. The van der Waals surface area contributed by atoms with Crippen LogP contribution in [0, 0.1) is 0 Å². The van der Waals surface area contributed by atoms with Gasteiger partial charge in [0.1, 0.15) is 0 Å². The van der Waals surface area contributed by atoms with Crippen molar-refractivity contribution in [3.8, 4) is 0 Å². The third-order valence-corrected chi connectivity index (χ3v) is 4.09. The minimum absolute atomic E-state index is 0. The molecule has 1 unspecified atom stereocenters. The normalized spacial score (nSPS) is 11.9. The fourth-order valence-electron chi connectivity index (χ4n) is 2.53. The Labute approximate surface area is 178 Å². The van der Waals surface area contributed by atoms with Gasteiger partial charge < -0.3 is 15.4 Å². The summed E-state index contributed by atoms with van der Waals surface area (Å²) in [7, 11) is 1.76. The third kappa shape index (κ3) is 7.58. The number of nitrogens with zero attached hydrogens (tertiary/aromatic N) is 1. The Bertz CT molecular complexity index is 718. The highest BCUT2D eigenvalue weighted by atomic mass is 127. The first kappa shape index (κ1) is 23.0. The number of carbonyl (C=O) groups excluding carboxylic acids is 1. The molecule has 1 atom stereocenters. The van der Waals surface area contributed by atoms with Gasteiger partial charge in [0.2, 0.25) is 0 Å². The Morgan fingerprint density at radius 2 is 1.74 bits per heavy atom. The predicted octanol–water partition coefficient (Wildman–Crippen LogP) is 3.95. The lowest BCUT2D eigenvalue weighted by Gasteiger charge is -2.16. The summed E-state index contributed by atoms with van der Waals surface area (Å²) >= 11 is 0. The van der Waals surface area contributed by atoms with Crippen molar-refractivity contribution in [1.29, 1.82) is 0 Å². The average Bonchev–Trinajstić information content (AvgIpc) is 2.69. The highest BCUT2D eigenvalue weighted by Crippen LogP contribution is 2.13. The maximum Gasteiger partial charge on any atom is 0.338 e. The summed E-state index contributed by atoms with van der Waals surface area (Å²) in [5.41, 5.74) is 2.93.